The van der Waals surface area contributed by atoms with Crippen LogP contribution < -0.4 is 4.74 Å². The molecule has 4 rings (SSSR count). The van der Waals surface area contributed by atoms with Gasteiger partial charge in [0.05, 0.1) is 6.61 Å². The summed E-state index contributed by atoms with van der Waals surface area (Å²) < 4.78 is 7.86. The van der Waals surface area contributed by atoms with Gasteiger partial charge in [0.2, 0.25) is 0 Å². The summed E-state index contributed by atoms with van der Waals surface area (Å²) in [5.74, 6) is -0.0323. The first-order chi connectivity index (χ1) is 15.7. The topological polar surface area (TPSA) is 50.9 Å². The summed E-state index contributed by atoms with van der Waals surface area (Å²) in [6.07, 6.45) is 8.45. The molecule has 0 atom stereocenters. The zero-order chi connectivity index (χ0) is 22.3. The van der Waals surface area contributed by atoms with E-state index in [0.29, 0.717) is 13.0 Å². The standard InChI is InChI=1S/C28H29NO3/c1-2-3-7-25-26(20-29-18-5-4-8-27(25)29)23-12-10-21(11-13-23)22-14-16-24(17-15-22)32-19-6-9-28(30)31/h4-5,8,10-18,20H,2-3,6-7,9,19H2,1H3,(H,30,31). The Morgan fingerprint density at radius 3 is 2.28 bits per heavy atom. The number of carboxylic acid groups (broad SMARTS) is 1. The van der Waals surface area contributed by atoms with Crippen molar-refractivity contribution in [2.45, 2.75) is 39.0 Å². The second kappa shape index (κ2) is 10.2. The summed E-state index contributed by atoms with van der Waals surface area (Å²) in [5.41, 5.74) is 7.54. The Hall–Kier alpha value is -3.53. The van der Waals surface area contributed by atoms with Crippen LogP contribution in [-0.2, 0) is 11.2 Å². The second-order valence-corrected chi connectivity index (χ2v) is 8.07. The zero-order valence-electron chi connectivity index (χ0n) is 18.5. The van der Waals surface area contributed by atoms with Crippen LogP contribution >= 0.6 is 0 Å². The van der Waals surface area contributed by atoms with Crippen molar-refractivity contribution in [3.8, 4) is 28.0 Å². The third kappa shape index (κ3) is 5.02. The first-order valence-corrected chi connectivity index (χ1v) is 11.3. The Balaban J connectivity index is 1.50. The van der Waals surface area contributed by atoms with Gasteiger partial charge >= 0.3 is 5.97 Å². The molecule has 0 amide bonds. The number of aliphatic carboxylic acids is 1. The monoisotopic (exact) mass is 427 g/mol. The quantitative estimate of drug-likeness (QED) is 0.281. The number of carbonyl (C=O) groups is 1. The molecule has 0 bridgehead atoms. The zero-order valence-corrected chi connectivity index (χ0v) is 18.5. The third-order valence-corrected chi connectivity index (χ3v) is 5.76. The van der Waals surface area contributed by atoms with Crippen molar-refractivity contribution in [2.24, 2.45) is 0 Å². The number of rotatable bonds is 10. The lowest BCUT2D eigenvalue weighted by Gasteiger charge is -2.08. The van der Waals surface area contributed by atoms with Crippen molar-refractivity contribution < 1.29 is 14.6 Å². The molecule has 2 aromatic carbocycles. The molecule has 4 nitrogen and oxygen atoms in total. The molecule has 0 aliphatic heterocycles. The average Bonchev–Trinajstić information content (AvgIpc) is 3.19. The van der Waals surface area contributed by atoms with Gasteiger partial charge in [0.25, 0.3) is 0 Å². The Labute approximate surface area is 189 Å². The van der Waals surface area contributed by atoms with Gasteiger partial charge in [0.15, 0.2) is 0 Å². The molecule has 0 spiro atoms. The van der Waals surface area contributed by atoms with Crippen LogP contribution in [0.5, 0.6) is 5.75 Å². The fraction of sp³-hybridized carbons (Fsp3) is 0.250. The number of benzene rings is 2. The van der Waals surface area contributed by atoms with Crippen LogP contribution in [0.15, 0.2) is 79.1 Å². The first-order valence-electron chi connectivity index (χ1n) is 11.3. The second-order valence-electron chi connectivity index (χ2n) is 8.07. The Morgan fingerprint density at radius 1 is 0.906 bits per heavy atom. The number of aryl methyl sites for hydroxylation is 1. The maximum Gasteiger partial charge on any atom is 0.303 e. The number of aromatic nitrogens is 1. The lowest BCUT2D eigenvalue weighted by atomic mass is 9.97. The van der Waals surface area contributed by atoms with Gasteiger partial charge in [-0.1, -0.05) is 55.8 Å². The number of carboxylic acids is 1. The highest BCUT2D eigenvalue weighted by Gasteiger charge is 2.12. The summed E-state index contributed by atoms with van der Waals surface area (Å²) in [6, 6.07) is 23.1. The van der Waals surface area contributed by atoms with Crippen LogP contribution in [0.2, 0.25) is 0 Å². The van der Waals surface area contributed by atoms with Crippen molar-refractivity contribution in [2.75, 3.05) is 6.61 Å². The predicted molar refractivity (Wildman–Crippen MR) is 129 cm³/mol. The average molecular weight is 428 g/mol. The van der Waals surface area contributed by atoms with E-state index in [9.17, 15) is 4.79 Å². The highest BCUT2D eigenvalue weighted by Crippen LogP contribution is 2.32. The fourth-order valence-electron chi connectivity index (χ4n) is 4.04. The number of pyridine rings is 1. The van der Waals surface area contributed by atoms with E-state index in [1.54, 1.807) is 0 Å². The third-order valence-electron chi connectivity index (χ3n) is 5.76. The maximum absolute atomic E-state index is 10.6. The van der Waals surface area contributed by atoms with Crippen molar-refractivity contribution in [3.63, 3.8) is 0 Å². The molecular weight excluding hydrogens is 398 g/mol. The van der Waals surface area contributed by atoms with Crippen LogP contribution in [0.1, 0.15) is 38.2 Å². The van der Waals surface area contributed by atoms with Gasteiger partial charge in [-0.05, 0) is 65.8 Å². The smallest absolute Gasteiger partial charge is 0.303 e. The van der Waals surface area contributed by atoms with E-state index in [-0.39, 0.29) is 6.42 Å². The van der Waals surface area contributed by atoms with E-state index in [0.717, 1.165) is 23.3 Å². The molecule has 2 aromatic heterocycles. The number of unbranched alkanes of at least 4 members (excludes halogenated alkanes) is 1. The lowest BCUT2D eigenvalue weighted by Crippen LogP contribution is -2.01. The van der Waals surface area contributed by atoms with Crippen LogP contribution in [0.25, 0.3) is 27.8 Å². The molecule has 0 unspecified atom stereocenters. The molecule has 164 valence electrons. The molecule has 0 saturated carbocycles. The molecule has 0 saturated heterocycles. The summed E-state index contributed by atoms with van der Waals surface area (Å²) >= 11 is 0. The molecule has 1 N–H and O–H groups in total. The Bertz CT molecular complexity index is 1170. The van der Waals surface area contributed by atoms with Crippen LogP contribution in [0.4, 0.5) is 0 Å². The normalized spacial score (nSPS) is 11.0. The maximum atomic E-state index is 10.6. The number of fused-ring (bicyclic) bond motifs is 1. The predicted octanol–water partition coefficient (Wildman–Crippen LogP) is 6.86. The Kier molecular flexibility index (Phi) is 6.90. The molecule has 4 heteroatoms. The van der Waals surface area contributed by atoms with E-state index in [1.807, 2.05) is 24.3 Å². The molecule has 0 fully saturated rings. The van der Waals surface area contributed by atoms with Gasteiger partial charge < -0.3 is 14.2 Å². The molecular formula is C28H29NO3. The molecule has 2 heterocycles. The minimum atomic E-state index is -0.793. The summed E-state index contributed by atoms with van der Waals surface area (Å²) in [4.78, 5) is 10.6. The fourth-order valence-corrected chi connectivity index (χ4v) is 4.04. The van der Waals surface area contributed by atoms with Crippen molar-refractivity contribution in [3.05, 3.63) is 84.7 Å². The highest BCUT2D eigenvalue weighted by atomic mass is 16.5. The van der Waals surface area contributed by atoms with Crippen LogP contribution in [-0.4, -0.2) is 22.1 Å². The number of nitrogens with zero attached hydrogens (tertiary/aromatic N) is 1. The number of hydrogen-bond acceptors (Lipinski definition) is 2. The largest absolute Gasteiger partial charge is 0.494 e. The molecule has 4 aromatic rings. The minimum absolute atomic E-state index is 0.127. The summed E-state index contributed by atoms with van der Waals surface area (Å²) in [5, 5.41) is 8.70. The molecule has 0 aliphatic rings. The van der Waals surface area contributed by atoms with E-state index in [4.69, 9.17) is 9.84 Å². The minimum Gasteiger partial charge on any atom is -0.494 e. The van der Waals surface area contributed by atoms with Gasteiger partial charge in [-0.15, -0.1) is 0 Å². The highest BCUT2D eigenvalue weighted by molar-refractivity contribution is 5.78. The van der Waals surface area contributed by atoms with Gasteiger partial charge in [-0.3, -0.25) is 4.79 Å². The summed E-state index contributed by atoms with van der Waals surface area (Å²) in [7, 11) is 0. The van der Waals surface area contributed by atoms with Crippen molar-refractivity contribution in [1.82, 2.24) is 4.40 Å². The van der Waals surface area contributed by atoms with Gasteiger partial charge in [0, 0.05) is 29.9 Å². The van der Waals surface area contributed by atoms with Gasteiger partial charge in [-0.25, -0.2) is 0 Å². The molecule has 0 aliphatic carbocycles. The van der Waals surface area contributed by atoms with Gasteiger partial charge in [-0.2, -0.15) is 0 Å². The number of ether oxygens (including phenoxy) is 1. The lowest BCUT2D eigenvalue weighted by molar-refractivity contribution is -0.137. The number of hydrogen-bond donors (Lipinski definition) is 1. The Morgan fingerprint density at radius 2 is 1.59 bits per heavy atom. The van der Waals surface area contributed by atoms with Crippen molar-refractivity contribution in [1.29, 1.82) is 0 Å². The van der Waals surface area contributed by atoms with E-state index >= 15 is 0 Å². The van der Waals surface area contributed by atoms with Gasteiger partial charge in [0.1, 0.15) is 5.75 Å². The van der Waals surface area contributed by atoms with Crippen LogP contribution in [0, 0.1) is 0 Å². The molecule has 0 radical (unpaired) electrons. The van der Waals surface area contributed by atoms with Crippen LogP contribution in [0.3, 0.4) is 0 Å². The van der Waals surface area contributed by atoms with E-state index < -0.39 is 5.97 Å². The van der Waals surface area contributed by atoms with Crippen molar-refractivity contribution >= 4 is 11.5 Å². The summed E-state index contributed by atoms with van der Waals surface area (Å²) in [6.45, 7) is 2.64. The molecule has 32 heavy (non-hydrogen) atoms. The SMILES string of the molecule is CCCCc1c(-c2ccc(-c3ccc(OCCCC(=O)O)cc3)cc2)cn2ccccc12. The first kappa shape index (κ1) is 21.7. The van der Waals surface area contributed by atoms with E-state index in [2.05, 4.69) is 66.2 Å². The van der Waals surface area contributed by atoms with E-state index in [1.165, 1.54) is 35.0 Å².